The van der Waals surface area contributed by atoms with E-state index in [1.807, 2.05) is 11.2 Å². The van der Waals surface area contributed by atoms with Crippen molar-refractivity contribution in [2.75, 3.05) is 45.2 Å². The average Bonchev–Trinajstić information content (AvgIpc) is 2.71. The van der Waals surface area contributed by atoms with E-state index in [1.54, 1.807) is 25.6 Å². The van der Waals surface area contributed by atoms with E-state index in [1.165, 1.54) is 25.9 Å². The van der Waals surface area contributed by atoms with Gasteiger partial charge in [-0.05, 0) is 96.8 Å². The van der Waals surface area contributed by atoms with E-state index in [4.69, 9.17) is 6.11 Å². The number of piperidine rings is 2. The highest BCUT2D eigenvalue weighted by molar-refractivity contribution is 7.98. The fourth-order valence-corrected chi connectivity index (χ4v) is 4.70. The topological polar surface area (TPSA) is 61.9 Å². The van der Waals surface area contributed by atoms with Crippen molar-refractivity contribution in [3.8, 4) is 0 Å². The Bertz CT molecular complexity index is 533. The minimum Gasteiger partial charge on any atom is -0.444 e. The Morgan fingerprint density at radius 3 is 2.29 bits per heavy atom. The Kier molecular flexibility index (Phi) is 8.33. The van der Waals surface area contributed by atoms with Gasteiger partial charge in [-0.15, -0.1) is 0 Å². The van der Waals surface area contributed by atoms with Crippen LogP contribution in [-0.2, 0) is 9.53 Å². The molecule has 0 aromatic rings. The van der Waals surface area contributed by atoms with Crippen molar-refractivity contribution < 1.29 is 15.7 Å². The highest BCUT2D eigenvalue weighted by Crippen LogP contribution is 2.32. The van der Waals surface area contributed by atoms with E-state index < -0.39 is 17.7 Å². The molecule has 2 heterocycles. The zero-order valence-electron chi connectivity index (χ0n) is 19.0. The molecule has 2 amide bonds. The van der Waals surface area contributed by atoms with Gasteiger partial charge >= 0.3 is 6.09 Å². The second kappa shape index (κ2) is 10.7. The van der Waals surface area contributed by atoms with Crippen LogP contribution in [0, 0.1) is 11.8 Å². The SMILES string of the molecule is [2H]CC(C)(C)OC(=O)N[C@@H](CCSC)C(=O)N1CCC(C2CCN(C)CC2)CC1. The van der Waals surface area contributed by atoms with Gasteiger partial charge in [-0.25, -0.2) is 4.79 Å². The molecular formula is C21H39N3O3S. The first-order chi connectivity index (χ1) is 13.8. The van der Waals surface area contributed by atoms with E-state index in [0.29, 0.717) is 12.3 Å². The zero-order valence-corrected chi connectivity index (χ0v) is 18.9. The van der Waals surface area contributed by atoms with Crippen LogP contribution in [0.15, 0.2) is 0 Å². The molecule has 2 fully saturated rings. The first kappa shape index (κ1) is 21.8. The van der Waals surface area contributed by atoms with Gasteiger partial charge in [0.2, 0.25) is 5.91 Å². The quantitative estimate of drug-likeness (QED) is 0.723. The Labute approximate surface area is 176 Å². The van der Waals surface area contributed by atoms with E-state index in [0.717, 1.165) is 37.6 Å². The standard InChI is InChI=1S/C21H39N3O3S/c1-21(2,3)27-20(26)22-18(10-15-28-5)19(25)24-13-8-17(9-14-24)16-6-11-23(4)12-7-16/h16-18H,6-15H2,1-5H3,(H,22,26)/t18-/m0/s1/i1D. The summed E-state index contributed by atoms with van der Waals surface area (Å²) in [7, 11) is 2.19. The van der Waals surface area contributed by atoms with Gasteiger partial charge in [-0.3, -0.25) is 4.79 Å². The summed E-state index contributed by atoms with van der Waals surface area (Å²) in [4.78, 5) is 29.7. The molecule has 0 spiro atoms. The Balaban J connectivity index is 1.88. The van der Waals surface area contributed by atoms with E-state index in [-0.39, 0.29) is 12.8 Å². The van der Waals surface area contributed by atoms with Crippen LogP contribution >= 0.6 is 11.8 Å². The number of thioether (sulfide) groups is 1. The van der Waals surface area contributed by atoms with Gasteiger partial charge in [0.15, 0.2) is 0 Å². The third-order valence-electron chi connectivity index (χ3n) is 5.85. The van der Waals surface area contributed by atoms with Crippen molar-refractivity contribution >= 4 is 23.8 Å². The molecule has 0 bridgehead atoms. The maximum atomic E-state index is 13.1. The minimum absolute atomic E-state index is 0.00140. The van der Waals surface area contributed by atoms with Gasteiger partial charge < -0.3 is 19.9 Å². The molecule has 0 unspecified atom stereocenters. The lowest BCUT2D eigenvalue weighted by molar-refractivity contribution is -0.135. The number of carbonyl (C=O) groups excluding carboxylic acids is 2. The summed E-state index contributed by atoms with van der Waals surface area (Å²) >= 11 is 1.66. The zero-order chi connectivity index (χ0) is 21.4. The monoisotopic (exact) mass is 414 g/mol. The smallest absolute Gasteiger partial charge is 0.408 e. The molecule has 0 aromatic carbocycles. The number of amides is 2. The van der Waals surface area contributed by atoms with Crippen LogP contribution in [0.5, 0.6) is 0 Å². The summed E-state index contributed by atoms with van der Waals surface area (Å²) in [5.41, 5.74) is -0.858. The lowest BCUT2D eigenvalue weighted by Gasteiger charge is -2.40. The Morgan fingerprint density at radius 2 is 1.75 bits per heavy atom. The van der Waals surface area contributed by atoms with Gasteiger partial charge in [-0.1, -0.05) is 0 Å². The molecule has 0 saturated carbocycles. The van der Waals surface area contributed by atoms with Crippen molar-refractivity contribution in [3.63, 3.8) is 0 Å². The van der Waals surface area contributed by atoms with Gasteiger partial charge in [0.25, 0.3) is 0 Å². The molecule has 0 aromatic heterocycles. The van der Waals surface area contributed by atoms with Crippen LogP contribution in [0.1, 0.15) is 54.2 Å². The third-order valence-corrected chi connectivity index (χ3v) is 6.49. The number of carbonyl (C=O) groups is 2. The number of hydrogen-bond acceptors (Lipinski definition) is 5. The van der Waals surface area contributed by atoms with Crippen LogP contribution in [0.3, 0.4) is 0 Å². The lowest BCUT2D eigenvalue weighted by atomic mass is 9.79. The minimum atomic E-state index is -0.858. The van der Waals surface area contributed by atoms with Crippen molar-refractivity contribution in [2.45, 2.75) is 64.5 Å². The molecule has 0 aliphatic carbocycles. The molecule has 2 aliphatic rings. The fraction of sp³-hybridized carbons (Fsp3) is 0.905. The van der Waals surface area contributed by atoms with Gasteiger partial charge in [0.05, 0.1) is 0 Å². The van der Waals surface area contributed by atoms with Gasteiger partial charge in [-0.2, -0.15) is 11.8 Å². The third kappa shape index (κ3) is 7.47. The molecule has 1 N–H and O–H groups in total. The number of rotatable bonds is 6. The Hall–Kier alpha value is -0.950. The molecule has 7 heteroatoms. The number of likely N-dealkylation sites (tertiary alicyclic amines) is 2. The second-order valence-electron chi connectivity index (χ2n) is 8.93. The van der Waals surface area contributed by atoms with Crippen molar-refractivity contribution in [2.24, 2.45) is 11.8 Å². The fourth-order valence-electron chi connectivity index (χ4n) is 4.23. The summed E-state index contributed by atoms with van der Waals surface area (Å²) in [5, 5.41) is 2.76. The summed E-state index contributed by atoms with van der Waals surface area (Å²) in [6, 6.07) is -0.559. The lowest BCUT2D eigenvalue weighted by Crippen LogP contribution is -2.52. The summed E-state index contributed by atoms with van der Waals surface area (Å²) in [5.74, 6) is 2.30. The highest BCUT2D eigenvalue weighted by atomic mass is 32.2. The number of nitrogens with zero attached hydrogens (tertiary/aromatic N) is 2. The number of alkyl carbamates (subject to hydrolysis) is 1. The van der Waals surface area contributed by atoms with Gasteiger partial charge in [0, 0.05) is 14.5 Å². The predicted molar refractivity (Wildman–Crippen MR) is 116 cm³/mol. The second-order valence-corrected chi connectivity index (χ2v) is 9.92. The number of ether oxygens (including phenoxy) is 1. The highest BCUT2D eigenvalue weighted by Gasteiger charge is 2.33. The molecule has 28 heavy (non-hydrogen) atoms. The van der Waals surface area contributed by atoms with Crippen LogP contribution in [0.25, 0.3) is 0 Å². The Morgan fingerprint density at radius 1 is 1.18 bits per heavy atom. The van der Waals surface area contributed by atoms with Crippen LogP contribution < -0.4 is 5.32 Å². The van der Waals surface area contributed by atoms with E-state index in [9.17, 15) is 9.59 Å². The van der Waals surface area contributed by atoms with E-state index >= 15 is 0 Å². The molecular weight excluding hydrogens is 374 g/mol. The molecule has 1 atom stereocenters. The summed E-state index contributed by atoms with van der Waals surface area (Å²) in [6.07, 6.45) is 6.64. The van der Waals surface area contributed by atoms with Crippen molar-refractivity contribution in [3.05, 3.63) is 0 Å². The maximum absolute atomic E-state index is 13.1. The predicted octanol–water partition coefficient (Wildman–Crippen LogP) is 3.21. The van der Waals surface area contributed by atoms with Gasteiger partial charge in [0.1, 0.15) is 11.6 Å². The molecule has 162 valence electrons. The van der Waals surface area contributed by atoms with Crippen molar-refractivity contribution in [1.82, 2.24) is 15.1 Å². The molecule has 2 rings (SSSR count). The van der Waals surface area contributed by atoms with E-state index in [2.05, 4.69) is 17.3 Å². The largest absolute Gasteiger partial charge is 0.444 e. The maximum Gasteiger partial charge on any atom is 0.408 e. The molecule has 0 radical (unpaired) electrons. The number of hydrogen-bond donors (Lipinski definition) is 1. The van der Waals surface area contributed by atoms with Crippen LogP contribution in [0.4, 0.5) is 4.79 Å². The van der Waals surface area contributed by atoms with Crippen molar-refractivity contribution in [1.29, 1.82) is 0 Å². The van der Waals surface area contributed by atoms with Crippen LogP contribution in [0.2, 0.25) is 0 Å². The summed E-state index contributed by atoms with van der Waals surface area (Å²) < 4.78 is 12.8. The normalized spacial score (nSPS) is 21.9. The molecule has 2 aliphatic heterocycles. The number of nitrogens with one attached hydrogen (secondary N) is 1. The molecule has 6 nitrogen and oxygen atoms in total. The first-order valence-electron chi connectivity index (χ1n) is 11.2. The average molecular weight is 415 g/mol. The first-order valence-corrected chi connectivity index (χ1v) is 11.9. The van der Waals surface area contributed by atoms with Crippen LogP contribution in [-0.4, -0.2) is 78.7 Å². The molecule has 2 saturated heterocycles. The summed E-state index contributed by atoms with van der Waals surface area (Å²) in [6.45, 7) is 7.30.